The summed E-state index contributed by atoms with van der Waals surface area (Å²) in [6.45, 7) is 7.52. The van der Waals surface area contributed by atoms with Crippen LogP contribution in [0.25, 0.3) is 0 Å². The van der Waals surface area contributed by atoms with Crippen molar-refractivity contribution in [2.24, 2.45) is 0 Å². The van der Waals surface area contributed by atoms with Crippen LogP contribution in [0.4, 0.5) is 0 Å². The number of nitrogens with zero attached hydrogens (tertiary/aromatic N) is 1. The van der Waals surface area contributed by atoms with E-state index in [1.165, 1.54) is 0 Å². The molecule has 0 aromatic rings. The first-order chi connectivity index (χ1) is 8.78. The molecular weight excluding hydrogens is 232 g/mol. The number of rotatable bonds is 13. The summed E-state index contributed by atoms with van der Waals surface area (Å²) in [5.41, 5.74) is 0. The Morgan fingerprint density at radius 1 is 1.11 bits per heavy atom. The van der Waals surface area contributed by atoms with Crippen LogP contribution in [0.15, 0.2) is 0 Å². The number of hydrogen-bond acceptors (Lipinski definition) is 5. The number of hydrogen-bond donors (Lipinski definition) is 2. The summed E-state index contributed by atoms with van der Waals surface area (Å²) < 4.78 is 10.2. The quantitative estimate of drug-likeness (QED) is 0.501. The highest BCUT2D eigenvalue weighted by molar-refractivity contribution is 4.68. The molecule has 1 unspecified atom stereocenters. The van der Waals surface area contributed by atoms with E-state index in [9.17, 15) is 5.11 Å². The summed E-state index contributed by atoms with van der Waals surface area (Å²) in [4.78, 5) is 2.31. The molecular formula is C13H30N2O3. The van der Waals surface area contributed by atoms with Gasteiger partial charge in [0, 0.05) is 33.4 Å². The van der Waals surface area contributed by atoms with E-state index in [4.69, 9.17) is 9.47 Å². The molecule has 5 nitrogen and oxygen atoms in total. The second-order valence-corrected chi connectivity index (χ2v) is 4.45. The zero-order chi connectivity index (χ0) is 13.6. The molecule has 0 bridgehead atoms. The predicted octanol–water partition coefficient (Wildman–Crippen LogP) is 0.332. The maximum Gasteiger partial charge on any atom is 0.0589 e. The van der Waals surface area contributed by atoms with E-state index in [2.05, 4.69) is 17.1 Å². The molecule has 0 amide bonds. The Labute approximate surface area is 111 Å². The second kappa shape index (κ2) is 13.2. The van der Waals surface area contributed by atoms with Gasteiger partial charge in [0.05, 0.1) is 19.8 Å². The van der Waals surface area contributed by atoms with Gasteiger partial charge in [-0.15, -0.1) is 0 Å². The van der Waals surface area contributed by atoms with E-state index in [0.717, 1.165) is 52.2 Å². The molecule has 0 heterocycles. The molecule has 0 aliphatic heterocycles. The average Bonchev–Trinajstić information content (AvgIpc) is 2.41. The van der Waals surface area contributed by atoms with Crippen molar-refractivity contribution in [3.8, 4) is 0 Å². The van der Waals surface area contributed by atoms with Crippen molar-refractivity contribution in [1.29, 1.82) is 0 Å². The molecule has 0 radical (unpaired) electrons. The first-order valence-electron chi connectivity index (χ1n) is 6.82. The van der Waals surface area contributed by atoms with Crippen LogP contribution in [0.1, 0.15) is 19.8 Å². The van der Waals surface area contributed by atoms with Gasteiger partial charge in [-0.25, -0.2) is 0 Å². The van der Waals surface area contributed by atoms with Gasteiger partial charge in [-0.05, 0) is 25.9 Å². The van der Waals surface area contributed by atoms with Gasteiger partial charge < -0.3 is 19.9 Å². The third kappa shape index (κ3) is 9.79. The molecule has 0 rings (SSSR count). The van der Waals surface area contributed by atoms with Gasteiger partial charge in [-0.2, -0.15) is 0 Å². The lowest BCUT2D eigenvalue weighted by Crippen LogP contribution is -2.39. The van der Waals surface area contributed by atoms with Gasteiger partial charge in [0.25, 0.3) is 0 Å². The van der Waals surface area contributed by atoms with Crippen LogP contribution in [0.5, 0.6) is 0 Å². The van der Waals surface area contributed by atoms with E-state index in [1.54, 1.807) is 14.2 Å². The second-order valence-electron chi connectivity index (χ2n) is 4.45. The molecule has 1 atom stereocenters. The van der Waals surface area contributed by atoms with Crippen molar-refractivity contribution in [1.82, 2.24) is 10.2 Å². The third-order valence-corrected chi connectivity index (χ3v) is 2.92. The summed E-state index contributed by atoms with van der Waals surface area (Å²) in [6.07, 6.45) is 2.04. The molecule has 0 aliphatic carbocycles. The van der Waals surface area contributed by atoms with Crippen molar-refractivity contribution < 1.29 is 14.6 Å². The molecule has 5 heteroatoms. The Bertz CT molecular complexity index is 162. The number of ether oxygens (including phenoxy) is 2. The van der Waals surface area contributed by atoms with Crippen LogP contribution in [0.2, 0.25) is 0 Å². The van der Waals surface area contributed by atoms with Gasteiger partial charge in [0.15, 0.2) is 0 Å². The van der Waals surface area contributed by atoms with Crippen molar-refractivity contribution in [2.45, 2.75) is 25.8 Å². The van der Waals surface area contributed by atoms with Crippen LogP contribution in [-0.4, -0.2) is 76.3 Å². The van der Waals surface area contributed by atoms with E-state index < -0.39 is 0 Å². The van der Waals surface area contributed by atoms with Crippen LogP contribution in [-0.2, 0) is 9.47 Å². The first kappa shape index (κ1) is 17.8. The summed E-state index contributed by atoms with van der Waals surface area (Å²) in [5.74, 6) is 0. The zero-order valence-electron chi connectivity index (χ0n) is 12.2. The van der Waals surface area contributed by atoms with Crippen molar-refractivity contribution in [2.75, 3.05) is 60.2 Å². The third-order valence-electron chi connectivity index (χ3n) is 2.92. The Morgan fingerprint density at radius 3 is 2.17 bits per heavy atom. The predicted molar refractivity (Wildman–Crippen MR) is 74.0 cm³/mol. The summed E-state index contributed by atoms with van der Waals surface area (Å²) in [6, 6.07) is 0.192. The number of methoxy groups -OCH3 is 2. The lowest BCUT2D eigenvalue weighted by molar-refractivity contribution is 0.108. The lowest BCUT2D eigenvalue weighted by atomic mass is 10.2. The van der Waals surface area contributed by atoms with Gasteiger partial charge in [-0.3, -0.25) is 4.90 Å². The van der Waals surface area contributed by atoms with E-state index >= 15 is 0 Å². The standard InChI is InChI=1S/C13H30N2O3/c1-4-6-14-13(12-16)5-7-15(8-10-17-2)9-11-18-3/h13-14,16H,4-12H2,1-3H3. The highest BCUT2D eigenvalue weighted by Crippen LogP contribution is 1.97. The maximum atomic E-state index is 9.29. The van der Waals surface area contributed by atoms with Crippen molar-refractivity contribution in [3.63, 3.8) is 0 Å². The molecule has 110 valence electrons. The Hall–Kier alpha value is -0.200. The molecule has 0 aliphatic rings. The minimum atomic E-state index is 0.192. The van der Waals surface area contributed by atoms with Crippen LogP contribution in [0.3, 0.4) is 0 Å². The smallest absolute Gasteiger partial charge is 0.0589 e. The molecule has 0 aromatic carbocycles. The maximum absolute atomic E-state index is 9.29. The number of aliphatic hydroxyl groups is 1. The molecule has 0 saturated carbocycles. The van der Waals surface area contributed by atoms with Gasteiger partial charge in [0.1, 0.15) is 0 Å². The Balaban J connectivity index is 3.88. The fourth-order valence-corrected chi connectivity index (χ4v) is 1.72. The normalized spacial score (nSPS) is 13.2. The van der Waals surface area contributed by atoms with Crippen LogP contribution in [0, 0.1) is 0 Å². The summed E-state index contributed by atoms with van der Waals surface area (Å²) >= 11 is 0. The molecule has 0 fully saturated rings. The van der Waals surface area contributed by atoms with E-state index in [-0.39, 0.29) is 12.6 Å². The van der Waals surface area contributed by atoms with E-state index in [1.807, 2.05) is 0 Å². The highest BCUT2D eigenvalue weighted by atomic mass is 16.5. The fraction of sp³-hybridized carbons (Fsp3) is 1.00. The zero-order valence-corrected chi connectivity index (χ0v) is 12.2. The lowest BCUT2D eigenvalue weighted by Gasteiger charge is -2.24. The van der Waals surface area contributed by atoms with E-state index in [0.29, 0.717) is 0 Å². The highest BCUT2D eigenvalue weighted by Gasteiger charge is 2.10. The monoisotopic (exact) mass is 262 g/mol. The molecule has 0 aromatic heterocycles. The minimum Gasteiger partial charge on any atom is -0.395 e. The van der Waals surface area contributed by atoms with Crippen molar-refractivity contribution in [3.05, 3.63) is 0 Å². The topological polar surface area (TPSA) is 54.0 Å². The number of aliphatic hydroxyl groups excluding tert-OH is 1. The Morgan fingerprint density at radius 2 is 1.72 bits per heavy atom. The first-order valence-corrected chi connectivity index (χ1v) is 6.82. The molecule has 18 heavy (non-hydrogen) atoms. The van der Waals surface area contributed by atoms with Gasteiger partial charge in [-0.1, -0.05) is 6.92 Å². The molecule has 2 N–H and O–H groups in total. The van der Waals surface area contributed by atoms with Gasteiger partial charge in [0.2, 0.25) is 0 Å². The SMILES string of the molecule is CCCNC(CO)CCN(CCOC)CCOC. The Kier molecular flexibility index (Phi) is 13.1. The number of nitrogens with one attached hydrogen (secondary N) is 1. The van der Waals surface area contributed by atoms with Crippen molar-refractivity contribution >= 4 is 0 Å². The summed E-state index contributed by atoms with van der Waals surface area (Å²) in [7, 11) is 3.43. The molecule has 0 saturated heterocycles. The largest absolute Gasteiger partial charge is 0.395 e. The average molecular weight is 262 g/mol. The molecule has 0 spiro atoms. The van der Waals surface area contributed by atoms with Gasteiger partial charge >= 0.3 is 0 Å². The van der Waals surface area contributed by atoms with Crippen LogP contribution >= 0.6 is 0 Å². The fourth-order valence-electron chi connectivity index (χ4n) is 1.72. The van der Waals surface area contributed by atoms with Crippen LogP contribution < -0.4 is 5.32 Å². The minimum absolute atomic E-state index is 0.192. The summed E-state index contributed by atoms with van der Waals surface area (Å²) in [5, 5.41) is 12.6.